The van der Waals surface area contributed by atoms with E-state index >= 15 is 0 Å². The minimum absolute atomic E-state index is 0. The SMILES string of the molecule is C.CC.CC.CC.CC1(C)CC2CCC3(C)C4CCC5(C=O)CCCC5C4CCC3C2(C)CCC1O.CNCc1ccc(P)cc1. The molecule has 5 saturated carbocycles. The molecule has 5 fully saturated rings. The van der Waals surface area contributed by atoms with Crippen LogP contribution in [0, 0.1) is 51.2 Å². The first kappa shape index (κ1) is 43.3. The van der Waals surface area contributed by atoms with Gasteiger partial charge in [0, 0.05) is 12.0 Å². The van der Waals surface area contributed by atoms with Gasteiger partial charge in [0.15, 0.2) is 0 Å². The average molecular weight is 660 g/mol. The summed E-state index contributed by atoms with van der Waals surface area (Å²) in [5, 5.41) is 15.2. The van der Waals surface area contributed by atoms with Crippen molar-refractivity contribution in [3.63, 3.8) is 0 Å². The fourth-order valence-corrected chi connectivity index (χ4v) is 11.3. The molecule has 4 heteroatoms. The van der Waals surface area contributed by atoms with Gasteiger partial charge in [-0.1, -0.05) is 107 Å². The van der Waals surface area contributed by atoms with E-state index in [2.05, 4.69) is 66.5 Å². The minimum atomic E-state index is -0.145. The molecule has 0 spiro atoms. The quantitative estimate of drug-likeness (QED) is 0.251. The Bertz CT molecular complexity index is 1010. The summed E-state index contributed by atoms with van der Waals surface area (Å²) in [6.07, 6.45) is 16.3. The van der Waals surface area contributed by atoms with E-state index in [0.29, 0.717) is 16.7 Å². The molecule has 10 unspecified atom stereocenters. The number of nitrogens with one attached hydrogen (secondary N) is 1. The Morgan fingerprint density at radius 1 is 0.804 bits per heavy atom. The Morgan fingerprint density at radius 2 is 1.41 bits per heavy atom. The second-order valence-corrected chi connectivity index (χ2v) is 16.2. The van der Waals surface area contributed by atoms with E-state index in [4.69, 9.17) is 0 Å². The van der Waals surface area contributed by atoms with E-state index in [9.17, 15) is 9.90 Å². The number of carbonyl (C=O) groups is 1. The van der Waals surface area contributed by atoms with Crippen molar-refractivity contribution in [1.29, 1.82) is 0 Å². The number of hydrogen-bond acceptors (Lipinski definition) is 3. The van der Waals surface area contributed by atoms with Crippen molar-refractivity contribution in [3.8, 4) is 0 Å². The third kappa shape index (κ3) is 8.69. The van der Waals surface area contributed by atoms with Crippen LogP contribution in [0.4, 0.5) is 0 Å². The molecule has 0 aliphatic heterocycles. The van der Waals surface area contributed by atoms with Crippen LogP contribution >= 0.6 is 9.24 Å². The molecule has 0 saturated heterocycles. The van der Waals surface area contributed by atoms with Gasteiger partial charge in [0.05, 0.1) is 6.10 Å². The van der Waals surface area contributed by atoms with E-state index in [0.717, 1.165) is 49.5 Å². The lowest BCUT2D eigenvalue weighted by atomic mass is 9.39. The monoisotopic (exact) mass is 660 g/mol. The molecule has 0 heterocycles. The summed E-state index contributed by atoms with van der Waals surface area (Å²) in [6.45, 7) is 22.8. The Balaban J connectivity index is 0.000000526. The van der Waals surface area contributed by atoms with Gasteiger partial charge in [0.2, 0.25) is 0 Å². The van der Waals surface area contributed by atoms with Crippen LogP contribution in [0.15, 0.2) is 24.3 Å². The number of aliphatic hydroxyl groups excluding tert-OH is 1. The van der Waals surface area contributed by atoms with Gasteiger partial charge in [0.25, 0.3) is 0 Å². The Kier molecular flexibility index (Phi) is 17.7. The summed E-state index contributed by atoms with van der Waals surface area (Å²) in [7, 11) is 4.62. The van der Waals surface area contributed by atoms with Gasteiger partial charge in [0.1, 0.15) is 6.29 Å². The predicted octanol–water partition coefficient (Wildman–Crippen LogP) is 11.0. The maximum Gasteiger partial charge on any atom is 0.126 e. The molecule has 6 rings (SSSR count). The van der Waals surface area contributed by atoms with Gasteiger partial charge < -0.3 is 15.2 Å². The largest absolute Gasteiger partial charge is 0.393 e. The molecule has 0 radical (unpaired) electrons. The van der Waals surface area contributed by atoms with Crippen molar-refractivity contribution in [3.05, 3.63) is 29.8 Å². The first-order chi connectivity index (χ1) is 21.5. The number of benzene rings is 1. The van der Waals surface area contributed by atoms with Crippen LogP contribution < -0.4 is 10.6 Å². The van der Waals surface area contributed by atoms with Crippen molar-refractivity contribution in [2.45, 2.75) is 166 Å². The Hall–Kier alpha value is -0.760. The molecule has 0 aromatic heterocycles. The van der Waals surface area contributed by atoms with Crippen molar-refractivity contribution in [1.82, 2.24) is 5.32 Å². The number of fused-ring (bicyclic) bond motifs is 7. The summed E-state index contributed by atoms with van der Waals surface area (Å²) < 4.78 is 0. The van der Waals surface area contributed by atoms with Crippen LogP contribution in [0.1, 0.15) is 159 Å². The average Bonchev–Trinajstić information content (AvgIpc) is 3.48. The third-order valence-corrected chi connectivity index (χ3v) is 13.7. The molecule has 0 bridgehead atoms. The maximum absolute atomic E-state index is 12.1. The van der Waals surface area contributed by atoms with Crippen molar-refractivity contribution >= 4 is 20.8 Å². The van der Waals surface area contributed by atoms with Gasteiger partial charge in [-0.2, -0.15) is 0 Å². The van der Waals surface area contributed by atoms with Gasteiger partial charge >= 0.3 is 0 Å². The van der Waals surface area contributed by atoms with Crippen LogP contribution in [-0.4, -0.2) is 24.5 Å². The topological polar surface area (TPSA) is 49.3 Å². The molecule has 0 amide bonds. The second-order valence-electron chi connectivity index (χ2n) is 15.6. The molecule has 2 N–H and O–H groups in total. The lowest BCUT2D eigenvalue weighted by Gasteiger charge is -2.65. The lowest BCUT2D eigenvalue weighted by molar-refractivity contribution is -0.169. The summed E-state index contributed by atoms with van der Waals surface area (Å²) in [5.41, 5.74) is 2.27. The van der Waals surface area contributed by atoms with E-state index in [-0.39, 0.29) is 24.4 Å². The maximum atomic E-state index is 12.1. The van der Waals surface area contributed by atoms with E-state index in [1.54, 1.807) is 0 Å². The highest BCUT2D eigenvalue weighted by atomic mass is 31.0. The van der Waals surface area contributed by atoms with Crippen LogP contribution in [0.25, 0.3) is 0 Å². The standard InChI is InChI=1S/C27H44O2.C8H12NP.3C2H6.CH4/c1-24(2)16-18-9-13-26(4)20-10-15-27(17-28)12-5-6-21(27)19(20)7-8-22(26)25(18,3)14-11-23(24)29;1-9-6-7-2-4-8(10)5-3-7;3*1-2;/h17-23,29H,5-16H2,1-4H3;2-5,9H,6,10H2,1H3;3*1-2H3;1H4. The number of hydrogen-bond donors (Lipinski definition) is 2. The Morgan fingerprint density at radius 3 is 2.00 bits per heavy atom. The molecule has 3 nitrogen and oxygen atoms in total. The molecule has 1 aromatic rings. The Labute approximate surface area is 289 Å². The summed E-state index contributed by atoms with van der Waals surface area (Å²) >= 11 is 0. The van der Waals surface area contributed by atoms with Crippen LogP contribution in [0.3, 0.4) is 0 Å². The molecule has 5 aliphatic rings. The summed E-state index contributed by atoms with van der Waals surface area (Å²) in [6, 6.07) is 8.44. The number of aliphatic hydroxyl groups is 1. The van der Waals surface area contributed by atoms with Crippen LogP contribution in [0.5, 0.6) is 0 Å². The van der Waals surface area contributed by atoms with Crippen LogP contribution in [0.2, 0.25) is 0 Å². The molecule has 1 aromatic carbocycles. The van der Waals surface area contributed by atoms with Gasteiger partial charge in [-0.05, 0) is 134 Å². The van der Waals surface area contributed by atoms with Crippen molar-refractivity contribution in [2.24, 2.45) is 51.2 Å². The highest BCUT2D eigenvalue weighted by Crippen LogP contribution is 2.71. The fraction of sp³-hybridized carbons (Fsp3) is 0.833. The van der Waals surface area contributed by atoms with E-state index in [1.807, 2.05) is 48.6 Å². The zero-order chi connectivity index (χ0) is 34.1. The molecule has 10 atom stereocenters. The third-order valence-electron chi connectivity index (χ3n) is 13.3. The van der Waals surface area contributed by atoms with Gasteiger partial charge in [-0.3, -0.25) is 0 Å². The van der Waals surface area contributed by atoms with E-state index in [1.165, 1.54) is 74.9 Å². The highest BCUT2D eigenvalue weighted by Gasteiger charge is 2.64. The number of aldehydes is 1. The first-order valence-corrected chi connectivity index (χ1v) is 19.7. The summed E-state index contributed by atoms with van der Waals surface area (Å²) in [4.78, 5) is 12.1. The molecular formula is C42H78NO2P. The predicted molar refractivity (Wildman–Crippen MR) is 207 cm³/mol. The summed E-state index contributed by atoms with van der Waals surface area (Å²) in [5.74, 6) is 3.88. The normalized spacial score (nSPS) is 38.0. The van der Waals surface area contributed by atoms with Gasteiger partial charge in [-0.25, -0.2) is 0 Å². The number of carbonyl (C=O) groups excluding carboxylic acids is 1. The molecule has 46 heavy (non-hydrogen) atoms. The zero-order valence-electron chi connectivity index (χ0n) is 31.5. The van der Waals surface area contributed by atoms with Crippen LogP contribution in [-0.2, 0) is 11.3 Å². The van der Waals surface area contributed by atoms with Crippen molar-refractivity contribution in [2.75, 3.05) is 7.05 Å². The zero-order valence-corrected chi connectivity index (χ0v) is 32.6. The van der Waals surface area contributed by atoms with Crippen molar-refractivity contribution < 1.29 is 9.90 Å². The first-order valence-electron chi connectivity index (χ1n) is 19.1. The smallest absolute Gasteiger partial charge is 0.126 e. The molecular weight excluding hydrogens is 581 g/mol. The number of rotatable bonds is 3. The molecule has 268 valence electrons. The van der Waals surface area contributed by atoms with E-state index < -0.39 is 0 Å². The molecule has 5 aliphatic carbocycles. The second kappa shape index (κ2) is 18.9. The lowest BCUT2D eigenvalue weighted by Crippen LogP contribution is -2.58. The highest BCUT2D eigenvalue weighted by molar-refractivity contribution is 7.27. The fourth-order valence-electron chi connectivity index (χ4n) is 11.1. The minimum Gasteiger partial charge on any atom is -0.393 e. The van der Waals surface area contributed by atoms with Gasteiger partial charge in [-0.15, -0.1) is 9.24 Å².